The van der Waals surface area contributed by atoms with Crippen LogP contribution in [0.25, 0.3) is 0 Å². The monoisotopic (exact) mass is 364 g/mol. The van der Waals surface area contributed by atoms with E-state index < -0.39 is 24.1 Å². The third kappa shape index (κ3) is 3.58. The van der Waals surface area contributed by atoms with E-state index in [0.29, 0.717) is 37.3 Å². The summed E-state index contributed by atoms with van der Waals surface area (Å²) in [6.45, 7) is 11.6. The van der Waals surface area contributed by atoms with Gasteiger partial charge in [0, 0.05) is 13.1 Å². The van der Waals surface area contributed by atoms with E-state index in [0.717, 1.165) is 0 Å². The topological polar surface area (TPSA) is 60.0 Å². The molecule has 3 rings (SSSR count). The number of anilines is 1. The van der Waals surface area contributed by atoms with Crippen LogP contribution >= 0.6 is 0 Å². The van der Waals surface area contributed by atoms with E-state index in [9.17, 15) is 9.18 Å². The molecule has 0 radical (unpaired) electrons. The molecule has 6 nitrogen and oxygen atoms in total. The minimum Gasteiger partial charge on any atom is -0.399 e. The minimum atomic E-state index is -0.611. The maximum atomic E-state index is 14.4. The highest BCUT2D eigenvalue weighted by Gasteiger charge is 2.52. The number of morpholine rings is 1. The van der Waals surface area contributed by atoms with E-state index in [2.05, 4.69) is 5.32 Å². The van der Waals surface area contributed by atoms with Crippen molar-refractivity contribution in [2.24, 2.45) is 0 Å². The Balaban J connectivity index is 1.82. The quantitative estimate of drug-likeness (QED) is 0.819. The number of hydrogen-bond acceptors (Lipinski definition) is 4. The van der Waals surface area contributed by atoms with Gasteiger partial charge >= 0.3 is 13.1 Å². The number of ether oxygens (including phenoxy) is 1. The van der Waals surface area contributed by atoms with Crippen LogP contribution in [0.4, 0.5) is 14.9 Å². The fraction of sp³-hybridized carbons (Fsp3) is 0.611. The first-order valence-electron chi connectivity index (χ1n) is 8.90. The smallest absolute Gasteiger partial charge is 0.399 e. The van der Waals surface area contributed by atoms with Gasteiger partial charge in [0.25, 0.3) is 0 Å². The van der Waals surface area contributed by atoms with Crippen LogP contribution in [-0.4, -0.2) is 55.6 Å². The summed E-state index contributed by atoms with van der Waals surface area (Å²) in [7, 11) is -0.611. The summed E-state index contributed by atoms with van der Waals surface area (Å²) in [6.07, 6.45) is 0. The first-order valence-corrected chi connectivity index (χ1v) is 8.90. The zero-order valence-corrected chi connectivity index (χ0v) is 16.0. The van der Waals surface area contributed by atoms with Crippen molar-refractivity contribution in [1.29, 1.82) is 0 Å². The Kier molecular flexibility index (Phi) is 5.03. The highest BCUT2D eigenvalue weighted by molar-refractivity contribution is 6.62. The number of nitrogens with zero attached hydrogens (tertiary/aromatic N) is 1. The van der Waals surface area contributed by atoms with Crippen molar-refractivity contribution in [3.63, 3.8) is 0 Å². The Morgan fingerprint density at radius 2 is 1.73 bits per heavy atom. The van der Waals surface area contributed by atoms with Gasteiger partial charge in [0.15, 0.2) is 0 Å². The number of halogens is 1. The van der Waals surface area contributed by atoms with E-state index in [4.69, 9.17) is 14.0 Å². The second-order valence-electron chi connectivity index (χ2n) is 7.81. The average Bonchev–Trinajstić information content (AvgIpc) is 2.78. The molecule has 0 unspecified atom stereocenters. The summed E-state index contributed by atoms with van der Waals surface area (Å²) in [4.78, 5) is 14.0. The van der Waals surface area contributed by atoms with Crippen LogP contribution < -0.4 is 10.8 Å². The van der Waals surface area contributed by atoms with Crippen molar-refractivity contribution in [2.45, 2.75) is 45.8 Å². The van der Waals surface area contributed by atoms with Gasteiger partial charge in [0.1, 0.15) is 5.82 Å². The van der Waals surface area contributed by atoms with Crippen molar-refractivity contribution in [1.82, 2.24) is 4.90 Å². The molecule has 0 aromatic heterocycles. The van der Waals surface area contributed by atoms with Gasteiger partial charge in [-0.1, -0.05) is 0 Å². The predicted octanol–water partition coefficient (Wildman–Crippen LogP) is 2.30. The van der Waals surface area contributed by atoms with E-state index >= 15 is 0 Å². The Bertz CT molecular complexity index is 689. The Morgan fingerprint density at radius 3 is 2.31 bits per heavy atom. The molecule has 0 bridgehead atoms. The van der Waals surface area contributed by atoms with Gasteiger partial charge in [0.2, 0.25) is 0 Å². The van der Waals surface area contributed by atoms with E-state index in [1.54, 1.807) is 17.9 Å². The fourth-order valence-corrected chi connectivity index (χ4v) is 2.97. The first kappa shape index (κ1) is 19.1. The van der Waals surface area contributed by atoms with Crippen LogP contribution in [0, 0.1) is 12.7 Å². The van der Waals surface area contributed by atoms with Crippen LogP contribution in [0.15, 0.2) is 12.1 Å². The molecule has 0 aliphatic carbocycles. The number of urea groups is 1. The summed E-state index contributed by atoms with van der Waals surface area (Å²) in [5, 5.41) is 2.66. The molecule has 142 valence electrons. The largest absolute Gasteiger partial charge is 0.495 e. The summed E-state index contributed by atoms with van der Waals surface area (Å²) in [6, 6.07) is 2.66. The highest BCUT2D eigenvalue weighted by Crippen LogP contribution is 2.37. The maximum absolute atomic E-state index is 14.4. The molecule has 2 amide bonds. The summed E-state index contributed by atoms with van der Waals surface area (Å²) in [5.74, 6) is -0.482. The third-order valence-corrected chi connectivity index (χ3v) is 5.40. The van der Waals surface area contributed by atoms with Gasteiger partial charge in [-0.3, -0.25) is 0 Å². The lowest BCUT2D eigenvalue weighted by molar-refractivity contribution is 0.00578. The zero-order chi connectivity index (χ0) is 19.1. The van der Waals surface area contributed by atoms with E-state index in [-0.39, 0.29) is 11.7 Å². The van der Waals surface area contributed by atoms with Crippen LogP contribution in [0.1, 0.15) is 33.3 Å². The second-order valence-corrected chi connectivity index (χ2v) is 7.81. The number of carbonyl (C=O) groups excluding carboxylic acids is 1. The van der Waals surface area contributed by atoms with Crippen LogP contribution in [0.2, 0.25) is 0 Å². The molecule has 1 aromatic rings. The lowest BCUT2D eigenvalue weighted by atomic mass is 9.76. The van der Waals surface area contributed by atoms with Crippen molar-refractivity contribution in [3.05, 3.63) is 23.5 Å². The number of hydrogen-bond donors (Lipinski definition) is 1. The fourth-order valence-electron chi connectivity index (χ4n) is 2.97. The van der Waals surface area contributed by atoms with Gasteiger partial charge in [-0.2, -0.15) is 0 Å². The normalized spacial score (nSPS) is 21.8. The lowest BCUT2D eigenvalue weighted by Crippen LogP contribution is -2.43. The van der Waals surface area contributed by atoms with Crippen molar-refractivity contribution >= 4 is 24.3 Å². The number of nitrogens with one attached hydrogen (secondary N) is 1. The summed E-state index contributed by atoms with van der Waals surface area (Å²) >= 11 is 0. The molecule has 2 saturated heterocycles. The molecule has 26 heavy (non-hydrogen) atoms. The van der Waals surface area contributed by atoms with Crippen LogP contribution in [-0.2, 0) is 14.0 Å². The van der Waals surface area contributed by atoms with Gasteiger partial charge in [-0.15, -0.1) is 0 Å². The number of benzene rings is 1. The molecule has 0 atom stereocenters. The van der Waals surface area contributed by atoms with Crippen molar-refractivity contribution in [2.75, 3.05) is 31.6 Å². The zero-order valence-electron chi connectivity index (χ0n) is 16.0. The van der Waals surface area contributed by atoms with Gasteiger partial charge in [-0.25, -0.2) is 9.18 Å². The summed E-state index contributed by atoms with van der Waals surface area (Å²) < 4.78 is 31.8. The Morgan fingerprint density at radius 1 is 1.15 bits per heavy atom. The average molecular weight is 364 g/mol. The molecular weight excluding hydrogens is 338 g/mol. The maximum Gasteiger partial charge on any atom is 0.495 e. The number of amides is 2. The molecular formula is C18H26BFN2O4. The van der Waals surface area contributed by atoms with Crippen LogP contribution in [0.3, 0.4) is 0 Å². The van der Waals surface area contributed by atoms with E-state index in [1.807, 2.05) is 27.7 Å². The Hall–Kier alpha value is -1.64. The van der Waals surface area contributed by atoms with Gasteiger partial charge in [0.05, 0.1) is 30.1 Å². The molecule has 8 heteroatoms. The highest BCUT2D eigenvalue weighted by atomic mass is 19.1. The van der Waals surface area contributed by atoms with Crippen molar-refractivity contribution < 1.29 is 23.2 Å². The third-order valence-electron chi connectivity index (χ3n) is 5.40. The molecule has 2 heterocycles. The molecule has 1 N–H and O–H groups in total. The van der Waals surface area contributed by atoms with Gasteiger partial charge < -0.3 is 24.3 Å². The number of rotatable bonds is 2. The van der Waals surface area contributed by atoms with E-state index in [1.165, 1.54) is 6.07 Å². The second kappa shape index (κ2) is 6.83. The molecule has 2 aliphatic rings. The molecule has 0 spiro atoms. The SMILES string of the molecule is Cc1cc(F)c(NC(=O)N2CCOCC2)cc1B1OC(C)(C)C(C)(C)O1. The first-order chi connectivity index (χ1) is 12.1. The molecule has 2 fully saturated rings. The van der Waals surface area contributed by atoms with Gasteiger partial charge in [-0.05, 0) is 57.8 Å². The van der Waals surface area contributed by atoms with Crippen LogP contribution in [0.5, 0.6) is 0 Å². The number of carbonyl (C=O) groups is 1. The minimum absolute atomic E-state index is 0.122. The standard InChI is InChI=1S/C18H26BFN2O4/c1-12-10-14(20)15(21-16(23)22-6-8-24-9-7-22)11-13(12)19-25-17(2,3)18(4,5)26-19/h10-11H,6-9H2,1-5H3,(H,21,23). The molecule has 0 saturated carbocycles. The molecule has 2 aliphatic heterocycles. The molecule has 1 aromatic carbocycles. The van der Waals surface area contributed by atoms with Crippen molar-refractivity contribution in [3.8, 4) is 0 Å². The lowest BCUT2D eigenvalue weighted by Gasteiger charge is -2.32. The number of aryl methyl sites for hydroxylation is 1. The summed E-state index contributed by atoms with van der Waals surface area (Å²) in [5.41, 5.74) is 0.565. The Labute approximate surface area is 154 Å². The predicted molar refractivity (Wildman–Crippen MR) is 98.3 cm³/mol.